The van der Waals surface area contributed by atoms with Gasteiger partial charge in [0.2, 0.25) is 0 Å². The summed E-state index contributed by atoms with van der Waals surface area (Å²) in [6.07, 6.45) is 0. The Bertz CT molecular complexity index is 547. The number of hydrogen-bond donors (Lipinski definition) is 1. The van der Waals surface area contributed by atoms with Crippen LogP contribution in [0.5, 0.6) is 0 Å². The van der Waals surface area contributed by atoms with E-state index < -0.39 is 0 Å². The lowest BCUT2D eigenvalue weighted by Crippen LogP contribution is -1.99. The molecule has 0 aliphatic carbocycles. The number of nitrogen functional groups attached to an aromatic ring is 1. The van der Waals surface area contributed by atoms with E-state index in [1.165, 1.54) is 12.1 Å². The zero-order chi connectivity index (χ0) is 11.2. The number of nitrogens with zero attached hydrogens (tertiary/aromatic N) is 1. The maximum Gasteiger partial charge on any atom is 0.124 e. The lowest BCUT2D eigenvalue weighted by molar-refractivity contribution is 0.628. The van der Waals surface area contributed by atoms with Crippen molar-refractivity contribution in [2.24, 2.45) is 0 Å². The number of benzene rings is 1. The average molecular weight is 204 g/mol. The van der Waals surface area contributed by atoms with Crippen LogP contribution in [0, 0.1) is 26.6 Å². The number of nitrogens with two attached hydrogens (primary N) is 1. The summed E-state index contributed by atoms with van der Waals surface area (Å²) in [5.41, 5.74) is 10.0. The Hall–Kier alpha value is -1.64. The Kier molecular flexibility index (Phi) is 2.11. The van der Waals surface area contributed by atoms with E-state index in [4.69, 9.17) is 5.73 Å². The number of fused-ring (bicyclic) bond motifs is 1. The minimum absolute atomic E-state index is 0.267. The third-order valence-corrected chi connectivity index (χ3v) is 2.78. The van der Waals surface area contributed by atoms with Gasteiger partial charge in [-0.2, -0.15) is 0 Å². The van der Waals surface area contributed by atoms with Crippen molar-refractivity contribution in [1.82, 2.24) is 4.98 Å². The second-order valence-electron chi connectivity index (χ2n) is 3.85. The minimum atomic E-state index is -0.267. The van der Waals surface area contributed by atoms with Crippen LogP contribution in [0.25, 0.3) is 10.9 Å². The Morgan fingerprint density at radius 1 is 1.20 bits per heavy atom. The molecule has 1 heterocycles. The molecule has 0 radical (unpaired) electrons. The molecule has 1 aromatic heterocycles. The third-order valence-electron chi connectivity index (χ3n) is 2.78. The number of halogens is 1. The van der Waals surface area contributed by atoms with Crippen LogP contribution in [0.3, 0.4) is 0 Å². The normalized spacial score (nSPS) is 10.9. The van der Waals surface area contributed by atoms with Crippen LogP contribution in [0.15, 0.2) is 12.1 Å². The van der Waals surface area contributed by atoms with Gasteiger partial charge in [-0.25, -0.2) is 4.39 Å². The van der Waals surface area contributed by atoms with Gasteiger partial charge in [-0.1, -0.05) is 0 Å². The molecule has 1 aromatic carbocycles. The van der Waals surface area contributed by atoms with E-state index in [1.807, 2.05) is 20.8 Å². The molecule has 0 unspecified atom stereocenters. The van der Waals surface area contributed by atoms with Crippen molar-refractivity contribution in [3.05, 3.63) is 34.8 Å². The molecule has 2 rings (SSSR count). The van der Waals surface area contributed by atoms with Gasteiger partial charge in [-0.15, -0.1) is 0 Å². The zero-order valence-electron chi connectivity index (χ0n) is 9.06. The lowest BCUT2D eigenvalue weighted by atomic mass is 10.0. The van der Waals surface area contributed by atoms with Gasteiger partial charge in [0.15, 0.2) is 0 Å². The van der Waals surface area contributed by atoms with Gasteiger partial charge < -0.3 is 5.73 Å². The Morgan fingerprint density at radius 2 is 1.87 bits per heavy atom. The number of aromatic nitrogens is 1. The second-order valence-corrected chi connectivity index (χ2v) is 3.85. The molecule has 0 saturated carbocycles. The van der Waals surface area contributed by atoms with Gasteiger partial charge >= 0.3 is 0 Å². The van der Waals surface area contributed by atoms with Crippen molar-refractivity contribution < 1.29 is 4.39 Å². The first-order valence-electron chi connectivity index (χ1n) is 4.83. The summed E-state index contributed by atoms with van der Waals surface area (Å²) >= 11 is 0. The molecule has 0 amide bonds. The molecule has 0 bridgehead atoms. The first-order chi connectivity index (χ1) is 7.00. The van der Waals surface area contributed by atoms with Crippen LogP contribution in [0.2, 0.25) is 0 Å². The molecule has 3 heteroatoms. The van der Waals surface area contributed by atoms with Crippen LogP contribution in [-0.4, -0.2) is 4.98 Å². The van der Waals surface area contributed by atoms with Crippen molar-refractivity contribution in [2.75, 3.05) is 5.73 Å². The second kappa shape index (κ2) is 3.19. The number of rotatable bonds is 0. The van der Waals surface area contributed by atoms with Crippen molar-refractivity contribution >= 4 is 16.6 Å². The van der Waals surface area contributed by atoms with Crippen LogP contribution >= 0.6 is 0 Å². The third kappa shape index (κ3) is 1.44. The molecular weight excluding hydrogens is 191 g/mol. The predicted molar refractivity (Wildman–Crippen MR) is 60.3 cm³/mol. The summed E-state index contributed by atoms with van der Waals surface area (Å²) in [6.45, 7) is 5.65. The molecule has 78 valence electrons. The SMILES string of the molecule is Cc1nc2c(C)cc(F)cc2c(N)c1C. The standard InChI is InChI=1S/C12H13FN2/c1-6-4-9(13)5-10-11(14)7(2)8(3)15-12(6)10/h4-5H,1-3H3,(H2,14,15). The van der Waals surface area contributed by atoms with Crippen molar-refractivity contribution in [3.63, 3.8) is 0 Å². The highest BCUT2D eigenvalue weighted by molar-refractivity contribution is 5.93. The van der Waals surface area contributed by atoms with Crippen LogP contribution in [0.1, 0.15) is 16.8 Å². The van der Waals surface area contributed by atoms with Gasteiger partial charge in [0.25, 0.3) is 0 Å². The fraction of sp³-hybridized carbons (Fsp3) is 0.250. The first kappa shape index (κ1) is 9.90. The Morgan fingerprint density at radius 3 is 2.53 bits per heavy atom. The average Bonchev–Trinajstić information content (AvgIpc) is 2.17. The molecule has 15 heavy (non-hydrogen) atoms. The summed E-state index contributed by atoms with van der Waals surface area (Å²) in [6, 6.07) is 2.92. The molecule has 0 spiro atoms. The van der Waals surface area contributed by atoms with Gasteiger partial charge in [0.1, 0.15) is 5.82 Å². The van der Waals surface area contributed by atoms with E-state index in [9.17, 15) is 4.39 Å². The van der Waals surface area contributed by atoms with Crippen LogP contribution < -0.4 is 5.73 Å². The number of anilines is 1. The van der Waals surface area contributed by atoms with Crippen molar-refractivity contribution in [3.8, 4) is 0 Å². The topological polar surface area (TPSA) is 38.9 Å². The molecule has 0 aliphatic heterocycles. The van der Waals surface area contributed by atoms with Gasteiger partial charge in [-0.05, 0) is 44.0 Å². The summed E-state index contributed by atoms with van der Waals surface area (Å²) in [7, 11) is 0. The number of aryl methyl sites for hydroxylation is 2. The first-order valence-corrected chi connectivity index (χ1v) is 4.83. The molecule has 0 atom stereocenters. The number of pyridine rings is 1. The Balaban J connectivity index is 2.98. The van der Waals surface area contributed by atoms with E-state index in [1.54, 1.807) is 0 Å². The number of hydrogen-bond acceptors (Lipinski definition) is 2. The highest BCUT2D eigenvalue weighted by atomic mass is 19.1. The summed E-state index contributed by atoms with van der Waals surface area (Å²) in [5.74, 6) is -0.267. The molecule has 2 nitrogen and oxygen atoms in total. The summed E-state index contributed by atoms with van der Waals surface area (Å²) in [5, 5.41) is 0.704. The fourth-order valence-electron chi connectivity index (χ4n) is 1.74. The zero-order valence-corrected chi connectivity index (χ0v) is 9.06. The van der Waals surface area contributed by atoms with Crippen LogP contribution in [-0.2, 0) is 0 Å². The largest absolute Gasteiger partial charge is 0.398 e. The molecule has 2 N–H and O–H groups in total. The Labute approximate surface area is 87.9 Å². The van der Waals surface area contributed by atoms with Crippen molar-refractivity contribution in [1.29, 1.82) is 0 Å². The molecule has 2 aromatic rings. The predicted octanol–water partition coefficient (Wildman–Crippen LogP) is 2.88. The smallest absolute Gasteiger partial charge is 0.124 e. The molecular formula is C12H13FN2. The van der Waals surface area contributed by atoms with Gasteiger partial charge in [0.05, 0.1) is 5.52 Å². The van der Waals surface area contributed by atoms with E-state index in [0.717, 1.165) is 22.3 Å². The maximum atomic E-state index is 13.2. The highest BCUT2D eigenvalue weighted by Gasteiger charge is 2.09. The van der Waals surface area contributed by atoms with E-state index in [-0.39, 0.29) is 5.82 Å². The van der Waals surface area contributed by atoms with E-state index in [2.05, 4.69) is 4.98 Å². The van der Waals surface area contributed by atoms with Crippen LogP contribution in [0.4, 0.5) is 10.1 Å². The van der Waals surface area contributed by atoms with Gasteiger partial charge in [0, 0.05) is 16.8 Å². The molecule has 0 saturated heterocycles. The maximum absolute atomic E-state index is 13.2. The van der Waals surface area contributed by atoms with E-state index in [0.29, 0.717) is 11.1 Å². The minimum Gasteiger partial charge on any atom is -0.398 e. The summed E-state index contributed by atoms with van der Waals surface area (Å²) < 4.78 is 13.2. The summed E-state index contributed by atoms with van der Waals surface area (Å²) in [4.78, 5) is 4.43. The van der Waals surface area contributed by atoms with Gasteiger partial charge in [-0.3, -0.25) is 4.98 Å². The lowest BCUT2D eigenvalue weighted by Gasteiger charge is -2.10. The molecule has 0 aliphatic rings. The van der Waals surface area contributed by atoms with Crippen molar-refractivity contribution in [2.45, 2.75) is 20.8 Å². The highest BCUT2D eigenvalue weighted by Crippen LogP contribution is 2.27. The van der Waals surface area contributed by atoms with E-state index >= 15 is 0 Å². The fourth-order valence-corrected chi connectivity index (χ4v) is 1.74. The quantitative estimate of drug-likeness (QED) is 0.716. The molecule has 0 fully saturated rings. The monoisotopic (exact) mass is 204 g/mol.